The van der Waals surface area contributed by atoms with Gasteiger partial charge in [0, 0.05) is 18.0 Å². The molecule has 5 nitrogen and oxygen atoms in total. The van der Waals surface area contributed by atoms with E-state index in [1.165, 1.54) is 10.4 Å². The zero-order chi connectivity index (χ0) is 14.5. The third kappa shape index (κ3) is 3.37. The average Bonchev–Trinajstić information content (AvgIpc) is 2.93. The lowest BCUT2D eigenvalue weighted by molar-refractivity contribution is -0.137. The molecule has 1 aliphatic heterocycles. The predicted octanol–water partition coefficient (Wildman–Crippen LogP) is 0.876. The molecule has 20 heavy (non-hydrogen) atoms. The Kier molecular flexibility index (Phi) is 5.14. The molecule has 0 radical (unpaired) electrons. The Balaban J connectivity index is 2.02. The van der Waals surface area contributed by atoms with Crippen LogP contribution in [-0.2, 0) is 22.6 Å². The van der Waals surface area contributed by atoms with Crippen molar-refractivity contribution in [1.29, 1.82) is 0 Å². The molecule has 1 aromatic rings. The number of carbonyl (C=O) groups excluding carboxylic acids is 2. The van der Waals surface area contributed by atoms with Gasteiger partial charge in [-0.25, -0.2) is 0 Å². The number of hydrogen-bond donors (Lipinski definition) is 2. The second kappa shape index (κ2) is 6.85. The van der Waals surface area contributed by atoms with E-state index in [2.05, 4.69) is 16.8 Å². The SMILES string of the molecule is CCCC(NC(=O)CN)C(=O)N1CCc2sccc2C1. The van der Waals surface area contributed by atoms with Crippen LogP contribution in [0, 0.1) is 0 Å². The molecule has 2 amide bonds. The minimum Gasteiger partial charge on any atom is -0.343 e. The van der Waals surface area contributed by atoms with Crippen molar-refractivity contribution in [3.05, 3.63) is 21.9 Å². The minimum atomic E-state index is -0.448. The number of thiophene rings is 1. The molecular formula is C14H21N3O2S. The molecule has 1 aromatic heterocycles. The molecule has 0 saturated heterocycles. The van der Waals surface area contributed by atoms with Crippen LogP contribution >= 0.6 is 11.3 Å². The zero-order valence-electron chi connectivity index (χ0n) is 11.7. The summed E-state index contributed by atoms with van der Waals surface area (Å²) in [4.78, 5) is 27.2. The van der Waals surface area contributed by atoms with Crippen LogP contribution in [0.3, 0.4) is 0 Å². The quantitative estimate of drug-likeness (QED) is 0.846. The van der Waals surface area contributed by atoms with Crippen LogP contribution in [0.25, 0.3) is 0 Å². The highest BCUT2D eigenvalue weighted by molar-refractivity contribution is 7.10. The van der Waals surface area contributed by atoms with Gasteiger partial charge in [-0.2, -0.15) is 0 Å². The monoisotopic (exact) mass is 295 g/mol. The summed E-state index contributed by atoms with van der Waals surface area (Å²) in [5, 5.41) is 4.80. The lowest BCUT2D eigenvalue weighted by Gasteiger charge is -2.30. The third-order valence-corrected chi connectivity index (χ3v) is 4.54. The van der Waals surface area contributed by atoms with Crippen molar-refractivity contribution >= 4 is 23.2 Å². The average molecular weight is 295 g/mol. The fraction of sp³-hybridized carbons (Fsp3) is 0.571. The van der Waals surface area contributed by atoms with Gasteiger partial charge in [0.25, 0.3) is 0 Å². The highest BCUT2D eigenvalue weighted by atomic mass is 32.1. The fourth-order valence-electron chi connectivity index (χ4n) is 2.46. The highest BCUT2D eigenvalue weighted by Gasteiger charge is 2.28. The number of fused-ring (bicyclic) bond motifs is 1. The maximum absolute atomic E-state index is 12.5. The molecule has 0 bridgehead atoms. The lowest BCUT2D eigenvalue weighted by atomic mass is 10.1. The first kappa shape index (κ1) is 15.0. The Hall–Kier alpha value is -1.40. The molecule has 110 valence electrons. The molecule has 0 aliphatic carbocycles. The van der Waals surface area contributed by atoms with Crippen LogP contribution in [0.1, 0.15) is 30.2 Å². The topological polar surface area (TPSA) is 75.4 Å². The summed E-state index contributed by atoms with van der Waals surface area (Å²) in [7, 11) is 0. The molecule has 2 rings (SSSR count). The molecule has 0 spiro atoms. The van der Waals surface area contributed by atoms with E-state index in [1.807, 2.05) is 11.8 Å². The summed E-state index contributed by atoms with van der Waals surface area (Å²) in [5.41, 5.74) is 6.54. The van der Waals surface area contributed by atoms with Gasteiger partial charge >= 0.3 is 0 Å². The largest absolute Gasteiger partial charge is 0.343 e. The number of nitrogens with one attached hydrogen (secondary N) is 1. The van der Waals surface area contributed by atoms with Gasteiger partial charge in [-0.15, -0.1) is 11.3 Å². The summed E-state index contributed by atoms with van der Waals surface area (Å²) in [6, 6.07) is 1.63. The molecule has 0 fully saturated rings. The molecule has 2 heterocycles. The highest BCUT2D eigenvalue weighted by Crippen LogP contribution is 2.24. The number of rotatable bonds is 5. The number of hydrogen-bond acceptors (Lipinski definition) is 4. The van der Waals surface area contributed by atoms with Crippen molar-refractivity contribution in [2.75, 3.05) is 13.1 Å². The summed E-state index contributed by atoms with van der Waals surface area (Å²) >= 11 is 1.75. The first-order chi connectivity index (χ1) is 9.65. The molecule has 1 unspecified atom stereocenters. The molecule has 1 atom stereocenters. The maximum atomic E-state index is 12.5. The second-order valence-corrected chi connectivity index (χ2v) is 5.99. The summed E-state index contributed by atoms with van der Waals surface area (Å²) < 4.78 is 0. The Morgan fingerprint density at radius 1 is 1.55 bits per heavy atom. The van der Waals surface area contributed by atoms with E-state index in [0.29, 0.717) is 13.0 Å². The van der Waals surface area contributed by atoms with Crippen LogP contribution in [0.2, 0.25) is 0 Å². The van der Waals surface area contributed by atoms with Gasteiger partial charge in [0.15, 0.2) is 0 Å². The molecule has 6 heteroatoms. The Bertz CT molecular complexity index is 487. The smallest absolute Gasteiger partial charge is 0.245 e. The Morgan fingerprint density at radius 3 is 3.05 bits per heavy atom. The standard InChI is InChI=1S/C14H21N3O2S/c1-2-3-11(16-13(18)8-15)14(19)17-6-4-12-10(9-17)5-7-20-12/h5,7,11H,2-4,6,8-9,15H2,1H3,(H,16,18). The van der Waals surface area contributed by atoms with Crippen molar-refractivity contribution in [3.8, 4) is 0 Å². The van der Waals surface area contributed by atoms with Crippen LogP contribution in [0.15, 0.2) is 11.4 Å². The van der Waals surface area contributed by atoms with Gasteiger partial charge < -0.3 is 16.0 Å². The van der Waals surface area contributed by atoms with Gasteiger partial charge in [0.1, 0.15) is 6.04 Å². The Morgan fingerprint density at radius 2 is 2.35 bits per heavy atom. The van der Waals surface area contributed by atoms with E-state index >= 15 is 0 Å². The first-order valence-electron chi connectivity index (χ1n) is 6.99. The van der Waals surface area contributed by atoms with E-state index < -0.39 is 6.04 Å². The normalized spacial score (nSPS) is 15.6. The molecule has 1 aliphatic rings. The Labute approximate surface area is 123 Å². The minimum absolute atomic E-state index is 0.00509. The number of amides is 2. The summed E-state index contributed by atoms with van der Waals surface area (Å²) in [6.07, 6.45) is 2.40. The summed E-state index contributed by atoms with van der Waals surface area (Å²) in [6.45, 7) is 3.30. The second-order valence-electron chi connectivity index (χ2n) is 4.99. The number of carbonyl (C=O) groups is 2. The van der Waals surface area contributed by atoms with Crippen LogP contribution in [0.5, 0.6) is 0 Å². The van der Waals surface area contributed by atoms with Crippen molar-refractivity contribution in [2.45, 2.75) is 38.8 Å². The van der Waals surface area contributed by atoms with Gasteiger partial charge in [-0.05, 0) is 29.9 Å². The van der Waals surface area contributed by atoms with Gasteiger partial charge in [-0.3, -0.25) is 9.59 Å². The summed E-state index contributed by atoms with van der Waals surface area (Å²) in [5.74, 6) is -0.268. The van der Waals surface area contributed by atoms with Gasteiger partial charge in [0.05, 0.1) is 6.54 Å². The van der Waals surface area contributed by atoms with Crippen molar-refractivity contribution in [1.82, 2.24) is 10.2 Å². The van der Waals surface area contributed by atoms with Crippen LogP contribution in [-0.4, -0.2) is 35.8 Å². The molecular weight excluding hydrogens is 274 g/mol. The predicted molar refractivity (Wildman–Crippen MR) is 79.3 cm³/mol. The number of nitrogens with two attached hydrogens (primary N) is 1. The van der Waals surface area contributed by atoms with E-state index in [-0.39, 0.29) is 18.4 Å². The third-order valence-electron chi connectivity index (χ3n) is 3.52. The maximum Gasteiger partial charge on any atom is 0.245 e. The van der Waals surface area contributed by atoms with E-state index in [9.17, 15) is 9.59 Å². The zero-order valence-corrected chi connectivity index (χ0v) is 12.5. The lowest BCUT2D eigenvalue weighted by Crippen LogP contribution is -2.50. The van der Waals surface area contributed by atoms with Gasteiger partial charge in [0.2, 0.25) is 11.8 Å². The molecule has 0 aromatic carbocycles. The van der Waals surface area contributed by atoms with Crippen LogP contribution in [0.4, 0.5) is 0 Å². The van der Waals surface area contributed by atoms with Gasteiger partial charge in [-0.1, -0.05) is 13.3 Å². The van der Waals surface area contributed by atoms with E-state index in [0.717, 1.165) is 19.4 Å². The first-order valence-corrected chi connectivity index (χ1v) is 7.87. The molecule has 3 N–H and O–H groups in total. The fourth-order valence-corrected chi connectivity index (χ4v) is 3.35. The van der Waals surface area contributed by atoms with Crippen LogP contribution < -0.4 is 11.1 Å². The van der Waals surface area contributed by atoms with Crippen molar-refractivity contribution in [3.63, 3.8) is 0 Å². The van der Waals surface area contributed by atoms with E-state index in [4.69, 9.17) is 5.73 Å². The number of nitrogens with zero attached hydrogens (tertiary/aromatic N) is 1. The van der Waals surface area contributed by atoms with E-state index in [1.54, 1.807) is 11.3 Å². The molecule has 0 saturated carbocycles. The van der Waals surface area contributed by atoms with Crippen molar-refractivity contribution < 1.29 is 9.59 Å². The van der Waals surface area contributed by atoms with Crippen molar-refractivity contribution in [2.24, 2.45) is 5.73 Å².